The highest BCUT2D eigenvalue weighted by Gasteiger charge is 2.23. The van der Waals surface area contributed by atoms with Crippen LogP contribution in [0.3, 0.4) is 0 Å². The van der Waals surface area contributed by atoms with Gasteiger partial charge in [0.1, 0.15) is 0 Å². The zero-order chi connectivity index (χ0) is 12.1. The lowest BCUT2D eigenvalue weighted by Crippen LogP contribution is -2.53. The van der Waals surface area contributed by atoms with Crippen molar-refractivity contribution in [2.75, 3.05) is 39.8 Å². The van der Waals surface area contributed by atoms with Crippen LogP contribution in [0.1, 0.15) is 20.8 Å². The number of nitrogens with one attached hydrogen (secondary N) is 1. The lowest BCUT2D eigenvalue weighted by Gasteiger charge is -2.39. The van der Waals surface area contributed by atoms with Gasteiger partial charge in [-0.2, -0.15) is 0 Å². The Hall–Kier alpha value is -0.160. The standard InChI is InChI=1S/C12H27N3O/c1-10(2)13-7-12(16)9-15-6-5-14(4)8-11(15)3/h10-13,16H,5-9H2,1-4H3. The highest BCUT2D eigenvalue weighted by atomic mass is 16.3. The molecule has 1 fully saturated rings. The molecule has 0 bridgehead atoms. The van der Waals surface area contributed by atoms with Gasteiger partial charge in [0.05, 0.1) is 6.10 Å². The van der Waals surface area contributed by atoms with E-state index in [4.69, 9.17) is 0 Å². The summed E-state index contributed by atoms with van der Waals surface area (Å²) in [6, 6.07) is 0.993. The normalized spacial score (nSPS) is 26.2. The Morgan fingerprint density at radius 2 is 2.06 bits per heavy atom. The number of likely N-dealkylation sites (N-methyl/N-ethyl adjacent to an activating group) is 1. The smallest absolute Gasteiger partial charge is 0.0791 e. The van der Waals surface area contributed by atoms with Gasteiger partial charge in [-0.3, -0.25) is 4.90 Å². The van der Waals surface area contributed by atoms with E-state index in [2.05, 4.69) is 42.9 Å². The van der Waals surface area contributed by atoms with Crippen molar-refractivity contribution < 1.29 is 5.11 Å². The average molecular weight is 229 g/mol. The minimum Gasteiger partial charge on any atom is -0.390 e. The second kappa shape index (κ2) is 6.55. The number of β-amino-alcohol motifs (C(OH)–C–C–N with tert-alkyl or cyclic N) is 1. The maximum absolute atomic E-state index is 9.92. The number of aliphatic hydroxyl groups is 1. The van der Waals surface area contributed by atoms with E-state index in [-0.39, 0.29) is 6.10 Å². The monoisotopic (exact) mass is 229 g/mol. The Bertz CT molecular complexity index is 199. The highest BCUT2D eigenvalue weighted by Crippen LogP contribution is 2.08. The second-order valence-corrected chi connectivity index (χ2v) is 5.32. The minimum atomic E-state index is -0.256. The molecule has 1 heterocycles. The molecule has 2 N–H and O–H groups in total. The molecule has 4 heteroatoms. The molecule has 0 aliphatic carbocycles. The van der Waals surface area contributed by atoms with Crippen LogP contribution in [0.2, 0.25) is 0 Å². The van der Waals surface area contributed by atoms with Crippen LogP contribution >= 0.6 is 0 Å². The van der Waals surface area contributed by atoms with Gasteiger partial charge in [0.25, 0.3) is 0 Å². The Kier molecular flexibility index (Phi) is 5.69. The maximum atomic E-state index is 9.92. The SMILES string of the molecule is CC(C)NCC(O)CN1CCN(C)CC1C. The third-order valence-corrected chi connectivity index (χ3v) is 3.18. The van der Waals surface area contributed by atoms with Crippen LogP contribution < -0.4 is 5.32 Å². The summed E-state index contributed by atoms with van der Waals surface area (Å²) in [5.41, 5.74) is 0. The summed E-state index contributed by atoms with van der Waals surface area (Å²) in [7, 11) is 2.16. The number of rotatable bonds is 5. The predicted molar refractivity (Wildman–Crippen MR) is 67.7 cm³/mol. The molecule has 1 saturated heterocycles. The van der Waals surface area contributed by atoms with Gasteiger partial charge in [0.2, 0.25) is 0 Å². The van der Waals surface area contributed by atoms with Gasteiger partial charge < -0.3 is 15.3 Å². The molecule has 1 aliphatic rings. The van der Waals surface area contributed by atoms with Gasteiger partial charge in [0, 0.05) is 44.8 Å². The van der Waals surface area contributed by atoms with E-state index >= 15 is 0 Å². The van der Waals surface area contributed by atoms with Gasteiger partial charge in [-0.1, -0.05) is 13.8 Å². The van der Waals surface area contributed by atoms with Crippen molar-refractivity contribution in [2.45, 2.75) is 39.0 Å². The topological polar surface area (TPSA) is 38.7 Å². The average Bonchev–Trinajstić information content (AvgIpc) is 2.19. The Morgan fingerprint density at radius 3 is 2.62 bits per heavy atom. The summed E-state index contributed by atoms with van der Waals surface area (Å²) in [5, 5.41) is 13.2. The van der Waals surface area contributed by atoms with E-state index in [1.54, 1.807) is 0 Å². The van der Waals surface area contributed by atoms with E-state index in [0.29, 0.717) is 18.6 Å². The van der Waals surface area contributed by atoms with E-state index in [9.17, 15) is 5.11 Å². The Balaban J connectivity index is 2.25. The predicted octanol–water partition coefficient (Wildman–Crippen LogP) is -0.0188. The van der Waals surface area contributed by atoms with Crippen LogP contribution in [0.4, 0.5) is 0 Å². The van der Waals surface area contributed by atoms with E-state index in [1.165, 1.54) is 0 Å². The number of piperazine rings is 1. The first-order valence-corrected chi connectivity index (χ1v) is 6.33. The fourth-order valence-electron chi connectivity index (χ4n) is 2.16. The van der Waals surface area contributed by atoms with Crippen molar-refractivity contribution >= 4 is 0 Å². The number of hydrogen-bond acceptors (Lipinski definition) is 4. The van der Waals surface area contributed by atoms with Gasteiger partial charge in [-0.05, 0) is 14.0 Å². The Labute approximate surface area is 99.6 Å². The van der Waals surface area contributed by atoms with Crippen molar-refractivity contribution in [3.05, 3.63) is 0 Å². The maximum Gasteiger partial charge on any atom is 0.0791 e. The molecular formula is C12H27N3O. The zero-order valence-electron chi connectivity index (χ0n) is 11.1. The summed E-state index contributed by atoms with van der Waals surface area (Å²) >= 11 is 0. The first kappa shape index (κ1) is 13.9. The van der Waals surface area contributed by atoms with Crippen LogP contribution in [0, 0.1) is 0 Å². The van der Waals surface area contributed by atoms with Crippen LogP contribution in [0.15, 0.2) is 0 Å². The van der Waals surface area contributed by atoms with Gasteiger partial charge >= 0.3 is 0 Å². The van der Waals surface area contributed by atoms with E-state index < -0.39 is 0 Å². The van der Waals surface area contributed by atoms with Crippen LogP contribution in [-0.4, -0.2) is 72.9 Å². The molecule has 0 aromatic carbocycles. The first-order valence-electron chi connectivity index (χ1n) is 6.33. The number of nitrogens with zero attached hydrogens (tertiary/aromatic N) is 2. The summed E-state index contributed by atoms with van der Waals surface area (Å²) < 4.78 is 0. The van der Waals surface area contributed by atoms with Gasteiger partial charge in [-0.25, -0.2) is 0 Å². The quantitative estimate of drug-likeness (QED) is 0.695. The molecular weight excluding hydrogens is 202 g/mol. The molecule has 0 aromatic rings. The third kappa shape index (κ3) is 4.78. The molecule has 96 valence electrons. The zero-order valence-corrected chi connectivity index (χ0v) is 11.1. The van der Waals surface area contributed by atoms with Crippen molar-refractivity contribution in [3.63, 3.8) is 0 Å². The highest BCUT2D eigenvalue weighted by molar-refractivity contribution is 4.79. The molecule has 16 heavy (non-hydrogen) atoms. The fourth-order valence-corrected chi connectivity index (χ4v) is 2.16. The second-order valence-electron chi connectivity index (χ2n) is 5.32. The lowest BCUT2D eigenvalue weighted by atomic mass is 10.1. The molecule has 0 saturated carbocycles. The van der Waals surface area contributed by atoms with Gasteiger partial charge in [0.15, 0.2) is 0 Å². The van der Waals surface area contributed by atoms with E-state index in [0.717, 1.165) is 26.2 Å². The summed E-state index contributed by atoms with van der Waals surface area (Å²) in [6.45, 7) is 11.2. The minimum absolute atomic E-state index is 0.256. The molecule has 0 spiro atoms. The first-order chi connectivity index (χ1) is 7.49. The van der Waals surface area contributed by atoms with Gasteiger partial charge in [-0.15, -0.1) is 0 Å². The molecule has 1 rings (SSSR count). The molecule has 4 nitrogen and oxygen atoms in total. The third-order valence-electron chi connectivity index (χ3n) is 3.18. The fraction of sp³-hybridized carbons (Fsp3) is 1.00. The Morgan fingerprint density at radius 1 is 1.38 bits per heavy atom. The molecule has 0 amide bonds. The largest absolute Gasteiger partial charge is 0.390 e. The van der Waals surface area contributed by atoms with Crippen LogP contribution in [-0.2, 0) is 0 Å². The van der Waals surface area contributed by atoms with Crippen LogP contribution in [0.5, 0.6) is 0 Å². The lowest BCUT2D eigenvalue weighted by molar-refractivity contribution is 0.0472. The molecule has 1 aliphatic heterocycles. The van der Waals surface area contributed by atoms with E-state index in [1.807, 2.05) is 0 Å². The summed E-state index contributed by atoms with van der Waals surface area (Å²) in [5.74, 6) is 0. The van der Waals surface area contributed by atoms with Crippen molar-refractivity contribution in [2.24, 2.45) is 0 Å². The van der Waals surface area contributed by atoms with Crippen LogP contribution in [0.25, 0.3) is 0 Å². The summed E-state index contributed by atoms with van der Waals surface area (Å²) in [6.07, 6.45) is -0.256. The molecule has 2 atom stereocenters. The van der Waals surface area contributed by atoms with Crippen molar-refractivity contribution in [1.82, 2.24) is 15.1 Å². The molecule has 0 radical (unpaired) electrons. The number of hydrogen-bond donors (Lipinski definition) is 2. The number of aliphatic hydroxyl groups excluding tert-OH is 1. The summed E-state index contributed by atoms with van der Waals surface area (Å²) in [4.78, 5) is 4.73. The van der Waals surface area contributed by atoms with Crippen molar-refractivity contribution in [1.29, 1.82) is 0 Å². The molecule has 2 unspecified atom stereocenters. The van der Waals surface area contributed by atoms with Crippen molar-refractivity contribution in [3.8, 4) is 0 Å². The molecule has 0 aromatic heterocycles.